The summed E-state index contributed by atoms with van der Waals surface area (Å²) in [7, 11) is 0. The number of aliphatic hydroxyl groups excluding tert-OH is 7. The third-order valence-corrected chi connectivity index (χ3v) is 12.4. The first-order chi connectivity index (χ1) is 34.5. The zero-order valence-electron chi connectivity index (χ0n) is 43.2. The van der Waals surface area contributed by atoms with Crippen LogP contribution in [0.2, 0.25) is 0 Å². The highest BCUT2D eigenvalue weighted by Gasteiger charge is 2.47. The third-order valence-electron chi connectivity index (χ3n) is 12.4. The minimum Gasteiger partial charge on any atom is -0.462 e. The van der Waals surface area contributed by atoms with Crippen LogP contribution in [-0.2, 0) is 38.0 Å². The first-order valence-electron chi connectivity index (χ1n) is 27.0. The molecule has 7 N–H and O–H groups in total. The Hall–Kier alpha value is -3.06. The molecule has 0 aromatic carbocycles. The standard InChI is InChI=1S/C56H94O15/c1-3-5-7-9-11-13-15-17-19-20-21-22-23-24-25-27-29-31-33-35-37-39-48(59)69-44(41-66-47(58)38-36-34-32-30-28-26-18-16-14-12-10-8-6-4-2)42-67-55-54(65)52(63)50(61)46(71-55)43-68-56-53(64)51(62)49(60)45(40-57)70-56/h10,12,16,18-20,22-23,25,27,31,33,44-46,49-57,60-65H,3-9,11,13-15,17,21,24,26,28-30,32,34-43H2,1-2H3/b12-10+,18-16+,20-19+,23-22+,27-25+,33-31+/t44-,45+,46+,49-,50-,51?,52?,53?,54?,55+,56+/m1/s1. The summed E-state index contributed by atoms with van der Waals surface area (Å²) in [6.45, 7) is 2.47. The number of rotatable bonds is 41. The molecule has 2 aliphatic rings. The van der Waals surface area contributed by atoms with E-state index in [9.17, 15) is 45.3 Å². The van der Waals surface area contributed by atoms with Crippen LogP contribution in [-0.4, -0.2) is 142 Å². The molecule has 0 spiro atoms. The van der Waals surface area contributed by atoms with Crippen LogP contribution in [0.5, 0.6) is 0 Å². The molecule has 2 fully saturated rings. The number of aliphatic hydroxyl groups is 7. The smallest absolute Gasteiger partial charge is 0.306 e. The van der Waals surface area contributed by atoms with Gasteiger partial charge in [0.05, 0.1) is 19.8 Å². The summed E-state index contributed by atoms with van der Waals surface area (Å²) in [5, 5.41) is 72.1. The Kier molecular flexibility index (Phi) is 38.2. The first kappa shape index (κ1) is 64.1. The summed E-state index contributed by atoms with van der Waals surface area (Å²) in [6.07, 6.45) is 33.6. The van der Waals surface area contributed by atoms with Gasteiger partial charge in [-0.05, 0) is 77.0 Å². The fourth-order valence-electron chi connectivity index (χ4n) is 7.93. The number of carbonyl (C=O) groups excluding carboxylic acids is 2. The average molecular weight is 1010 g/mol. The number of hydrogen-bond acceptors (Lipinski definition) is 15. The Morgan fingerprint density at radius 3 is 1.41 bits per heavy atom. The molecule has 15 nitrogen and oxygen atoms in total. The molecule has 71 heavy (non-hydrogen) atoms. The predicted octanol–water partition coefficient (Wildman–Crippen LogP) is 8.21. The number of carbonyl (C=O) groups is 2. The number of ether oxygens (including phenoxy) is 6. The van der Waals surface area contributed by atoms with Gasteiger partial charge in [0.25, 0.3) is 0 Å². The van der Waals surface area contributed by atoms with Gasteiger partial charge in [0.2, 0.25) is 0 Å². The van der Waals surface area contributed by atoms with E-state index in [-0.39, 0.29) is 19.4 Å². The van der Waals surface area contributed by atoms with Crippen molar-refractivity contribution < 1.29 is 73.8 Å². The molecule has 0 amide bonds. The van der Waals surface area contributed by atoms with E-state index >= 15 is 0 Å². The van der Waals surface area contributed by atoms with E-state index in [1.54, 1.807) is 0 Å². The van der Waals surface area contributed by atoms with Crippen molar-refractivity contribution in [2.24, 2.45) is 0 Å². The number of esters is 2. The molecule has 2 heterocycles. The molecule has 0 radical (unpaired) electrons. The third kappa shape index (κ3) is 30.0. The summed E-state index contributed by atoms with van der Waals surface area (Å²) in [4.78, 5) is 25.8. The molecular weight excluding hydrogens is 913 g/mol. The topological polar surface area (TPSA) is 231 Å². The van der Waals surface area contributed by atoms with Crippen LogP contribution in [0.15, 0.2) is 72.9 Å². The second-order valence-electron chi connectivity index (χ2n) is 18.7. The van der Waals surface area contributed by atoms with Gasteiger partial charge in [-0.3, -0.25) is 9.59 Å². The number of allylic oxidation sites excluding steroid dienone is 12. The van der Waals surface area contributed by atoms with Crippen LogP contribution < -0.4 is 0 Å². The lowest BCUT2D eigenvalue weighted by atomic mass is 9.98. The monoisotopic (exact) mass is 1010 g/mol. The van der Waals surface area contributed by atoms with Gasteiger partial charge >= 0.3 is 11.9 Å². The maximum Gasteiger partial charge on any atom is 0.306 e. The van der Waals surface area contributed by atoms with E-state index in [1.807, 2.05) is 12.2 Å². The lowest BCUT2D eigenvalue weighted by Gasteiger charge is -2.42. The van der Waals surface area contributed by atoms with E-state index in [2.05, 4.69) is 74.6 Å². The fraction of sp³-hybridized carbons (Fsp3) is 0.750. The molecule has 0 saturated carbocycles. The average Bonchev–Trinajstić information content (AvgIpc) is 3.36. The molecular formula is C56H94O15. The van der Waals surface area contributed by atoms with Gasteiger partial charge in [0.1, 0.15) is 55.4 Å². The Labute approximate surface area is 425 Å². The highest BCUT2D eigenvalue weighted by atomic mass is 16.7. The molecule has 2 saturated heterocycles. The van der Waals surface area contributed by atoms with E-state index in [0.29, 0.717) is 19.3 Å². The van der Waals surface area contributed by atoms with Crippen molar-refractivity contribution in [2.75, 3.05) is 26.4 Å². The van der Waals surface area contributed by atoms with E-state index in [4.69, 9.17) is 28.4 Å². The van der Waals surface area contributed by atoms with Crippen LogP contribution >= 0.6 is 0 Å². The molecule has 408 valence electrons. The van der Waals surface area contributed by atoms with Gasteiger partial charge in [-0.1, -0.05) is 157 Å². The molecule has 0 aromatic rings. The summed E-state index contributed by atoms with van der Waals surface area (Å²) in [6, 6.07) is 0. The van der Waals surface area contributed by atoms with Gasteiger partial charge < -0.3 is 64.2 Å². The SMILES string of the molecule is CCCC/C=C/C/C=C/CCCCCCCC(=O)OC[C@H](CO[C@H]1O[C@@H](CO[C@H]2O[C@@H](CO)[C@@H](O)C(O)C2O)[C@@H](O)C(O)C1O)OC(=O)CCC/C=C/C/C=C/C/C=C/C/C=C/CCCCCCCCC. The van der Waals surface area contributed by atoms with Crippen LogP contribution in [0, 0.1) is 0 Å². The molecule has 0 aromatic heterocycles. The summed E-state index contributed by atoms with van der Waals surface area (Å²) >= 11 is 0. The second kappa shape index (κ2) is 42.3. The largest absolute Gasteiger partial charge is 0.462 e. The van der Waals surface area contributed by atoms with Crippen molar-refractivity contribution in [1.29, 1.82) is 0 Å². The molecule has 0 aliphatic carbocycles. The highest BCUT2D eigenvalue weighted by molar-refractivity contribution is 5.70. The fourth-order valence-corrected chi connectivity index (χ4v) is 7.93. The Bertz CT molecular complexity index is 1510. The molecule has 4 unspecified atom stereocenters. The maximum absolute atomic E-state index is 13.0. The van der Waals surface area contributed by atoms with Crippen molar-refractivity contribution >= 4 is 11.9 Å². The zero-order chi connectivity index (χ0) is 51.7. The predicted molar refractivity (Wildman–Crippen MR) is 275 cm³/mol. The van der Waals surface area contributed by atoms with Crippen LogP contribution in [0.1, 0.15) is 174 Å². The van der Waals surface area contributed by atoms with Gasteiger partial charge in [0, 0.05) is 12.8 Å². The highest BCUT2D eigenvalue weighted by Crippen LogP contribution is 2.26. The molecule has 15 heteroatoms. The van der Waals surface area contributed by atoms with Crippen molar-refractivity contribution in [3.63, 3.8) is 0 Å². The molecule has 0 bridgehead atoms. The van der Waals surface area contributed by atoms with E-state index < -0.39 is 99.3 Å². The van der Waals surface area contributed by atoms with Gasteiger partial charge in [-0.15, -0.1) is 0 Å². The van der Waals surface area contributed by atoms with Crippen LogP contribution in [0.4, 0.5) is 0 Å². The molecule has 2 aliphatic heterocycles. The minimum atomic E-state index is -1.78. The van der Waals surface area contributed by atoms with Crippen molar-refractivity contribution in [1.82, 2.24) is 0 Å². The minimum absolute atomic E-state index is 0.0830. The Morgan fingerprint density at radius 1 is 0.451 bits per heavy atom. The first-order valence-corrected chi connectivity index (χ1v) is 27.0. The molecule has 2 rings (SSSR count). The van der Waals surface area contributed by atoms with E-state index in [1.165, 1.54) is 57.8 Å². The van der Waals surface area contributed by atoms with Crippen LogP contribution in [0.25, 0.3) is 0 Å². The normalized spacial score (nSPS) is 25.8. The number of unbranched alkanes of at least 4 members (excludes halogenated alkanes) is 15. The quantitative estimate of drug-likeness (QED) is 0.0174. The summed E-state index contributed by atoms with van der Waals surface area (Å²) < 4.78 is 33.5. The Balaban J connectivity index is 1.82. The van der Waals surface area contributed by atoms with Crippen LogP contribution in [0.3, 0.4) is 0 Å². The second-order valence-corrected chi connectivity index (χ2v) is 18.7. The summed E-state index contributed by atoms with van der Waals surface area (Å²) in [5.41, 5.74) is 0. The lowest BCUT2D eigenvalue weighted by molar-refractivity contribution is -0.332. The van der Waals surface area contributed by atoms with Gasteiger partial charge in [0.15, 0.2) is 18.7 Å². The van der Waals surface area contributed by atoms with Crippen molar-refractivity contribution in [2.45, 2.75) is 242 Å². The maximum atomic E-state index is 13.0. The zero-order valence-corrected chi connectivity index (χ0v) is 43.2. The van der Waals surface area contributed by atoms with Gasteiger partial charge in [-0.25, -0.2) is 0 Å². The van der Waals surface area contributed by atoms with Crippen molar-refractivity contribution in [3.05, 3.63) is 72.9 Å². The molecule has 11 atom stereocenters. The van der Waals surface area contributed by atoms with E-state index in [0.717, 1.165) is 70.6 Å². The lowest BCUT2D eigenvalue weighted by Crippen LogP contribution is -2.61. The Morgan fingerprint density at radius 2 is 0.873 bits per heavy atom. The summed E-state index contributed by atoms with van der Waals surface area (Å²) in [5.74, 6) is -1.01. The number of hydrogen-bond donors (Lipinski definition) is 7. The van der Waals surface area contributed by atoms with Crippen molar-refractivity contribution in [3.8, 4) is 0 Å². The van der Waals surface area contributed by atoms with Gasteiger partial charge in [-0.2, -0.15) is 0 Å².